The first-order valence-electron chi connectivity index (χ1n) is 12.9. The number of amides is 2. The van der Waals surface area contributed by atoms with Gasteiger partial charge in [0.05, 0.1) is 6.04 Å². The number of carbonyl (C=O) groups excluding carboxylic acids is 2. The van der Waals surface area contributed by atoms with Gasteiger partial charge in [0.25, 0.3) is 17.8 Å². The normalized spacial score (nSPS) is 22.4. The van der Waals surface area contributed by atoms with E-state index < -0.39 is 5.66 Å². The number of anilines is 1. The van der Waals surface area contributed by atoms with Crippen LogP contribution in [-0.2, 0) is 4.79 Å². The maximum Gasteiger partial charge on any atom is 0.275 e. The van der Waals surface area contributed by atoms with Crippen molar-refractivity contribution >= 4 is 35.1 Å². The Morgan fingerprint density at radius 2 is 1.87 bits per heavy atom. The van der Waals surface area contributed by atoms with E-state index in [0.29, 0.717) is 22.2 Å². The molecule has 5 rings (SSSR count). The molecule has 1 atom stereocenters. The Balaban J connectivity index is 1.44. The van der Waals surface area contributed by atoms with Crippen molar-refractivity contribution in [2.24, 2.45) is 16.3 Å². The van der Waals surface area contributed by atoms with Crippen molar-refractivity contribution in [3.05, 3.63) is 70.2 Å². The van der Waals surface area contributed by atoms with E-state index in [1.165, 1.54) is 0 Å². The number of rotatable bonds is 5. The largest absolute Gasteiger partial charge is 0.306 e. The van der Waals surface area contributed by atoms with Crippen molar-refractivity contribution in [1.29, 1.82) is 0 Å². The van der Waals surface area contributed by atoms with Crippen LogP contribution in [0.15, 0.2) is 53.5 Å². The van der Waals surface area contributed by atoms with Crippen LogP contribution in [0, 0.1) is 11.3 Å². The summed E-state index contributed by atoms with van der Waals surface area (Å²) in [7, 11) is 0. The molecule has 9 nitrogen and oxygen atoms in total. The topological polar surface area (TPSA) is 116 Å². The van der Waals surface area contributed by atoms with Crippen LogP contribution >= 0.6 is 11.6 Å². The van der Waals surface area contributed by atoms with Crippen LogP contribution in [0.25, 0.3) is 0 Å². The first kappa shape index (κ1) is 26.0. The number of tetrazole rings is 1. The van der Waals surface area contributed by atoms with Gasteiger partial charge in [-0.1, -0.05) is 61.7 Å². The zero-order valence-electron chi connectivity index (χ0n) is 22.0. The maximum atomic E-state index is 14.0. The molecule has 1 aliphatic carbocycles. The summed E-state index contributed by atoms with van der Waals surface area (Å²) in [5.41, 5.74) is 2.18. The van der Waals surface area contributed by atoms with Crippen LogP contribution < -0.4 is 5.32 Å². The monoisotopic (exact) mass is 533 g/mol. The molecule has 3 aromatic rings. The summed E-state index contributed by atoms with van der Waals surface area (Å²) in [6.07, 6.45) is 3.61. The SMILES string of the molecule is CC(c1ccc(C(=O)Nc2nn[nH]n2)cc1)N1C(=O)C(c2cccc(Cl)c2)=NC12CCC(C(C)(C)C)CC2. The molecule has 2 heterocycles. The highest BCUT2D eigenvalue weighted by Gasteiger charge is 2.51. The van der Waals surface area contributed by atoms with Gasteiger partial charge in [-0.25, -0.2) is 0 Å². The molecule has 2 amide bonds. The van der Waals surface area contributed by atoms with Gasteiger partial charge in [-0.3, -0.25) is 19.9 Å². The molecule has 10 heteroatoms. The number of nitrogens with one attached hydrogen (secondary N) is 2. The lowest BCUT2D eigenvalue weighted by Gasteiger charge is -2.46. The van der Waals surface area contributed by atoms with Gasteiger partial charge in [0.1, 0.15) is 11.4 Å². The van der Waals surface area contributed by atoms with Crippen LogP contribution in [0.2, 0.25) is 5.02 Å². The summed E-state index contributed by atoms with van der Waals surface area (Å²) in [5.74, 6) is 0.246. The van der Waals surface area contributed by atoms with E-state index in [-0.39, 0.29) is 29.2 Å². The maximum absolute atomic E-state index is 14.0. The number of benzene rings is 2. The Morgan fingerprint density at radius 1 is 1.16 bits per heavy atom. The second-order valence-corrected chi connectivity index (χ2v) is 11.7. The van der Waals surface area contributed by atoms with Crippen molar-refractivity contribution in [2.75, 3.05) is 5.32 Å². The van der Waals surface area contributed by atoms with Gasteiger partial charge in [0.15, 0.2) is 0 Å². The van der Waals surface area contributed by atoms with Crippen LogP contribution in [0.5, 0.6) is 0 Å². The number of halogens is 1. The third-order valence-corrected chi connectivity index (χ3v) is 8.15. The van der Waals surface area contributed by atoms with E-state index in [2.05, 4.69) is 46.7 Å². The van der Waals surface area contributed by atoms with E-state index in [1.807, 2.05) is 36.1 Å². The van der Waals surface area contributed by atoms with Crippen molar-refractivity contribution in [3.8, 4) is 0 Å². The summed E-state index contributed by atoms with van der Waals surface area (Å²) in [6.45, 7) is 8.88. The number of aromatic nitrogens is 4. The molecule has 1 spiro atoms. The van der Waals surface area contributed by atoms with Crippen molar-refractivity contribution in [2.45, 2.75) is 65.1 Å². The Labute approximate surface area is 227 Å². The van der Waals surface area contributed by atoms with Crippen LogP contribution in [-0.4, -0.2) is 48.7 Å². The van der Waals surface area contributed by atoms with Crippen LogP contribution in [0.4, 0.5) is 5.95 Å². The highest BCUT2D eigenvalue weighted by Crippen LogP contribution is 2.49. The molecule has 1 saturated carbocycles. The molecule has 2 N–H and O–H groups in total. The number of nitrogens with zero attached hydrogens (tertiary/aromatic N) is 5. The molecular formula is C28H32ClN7O2. The summed E-state index contributed by atoms with van der Waals surface area (Å²) in [6, 6.07) is 14.3. The third kappa shape index (κ3) is 4.95. The van der Waals surface area contributed by atoms with Gasteiger partial charge in [0, 0.05) is 16.1 Å². The fourth-order valence-corrected chi connectivity index (χ4v) is 5.91. The van der Waals surface area contributed by atoms with Crippen LogP contribution in [0.3, 0.4) is 0 Å². The fraction of sp³-hybridized carbons (Fsp3) is 0.429. The summed E-state index contributed by atoms with van der Waals surface area (Å²) < 4.78 is 0. The van der Waals surface area contributed by atoms with Gasteiger partial charge < -0.3 is 4.90 Å². The van der Waals surface area contributed by atoms with E-state index >= 15 is 0 Å². The molecule has 0 radical (unpaired) electrons. The first-order valence-corrected chi connectivity index (χ1v) is 13.3. The van der Waals surface area contributed by atoms with Gasteiger partial charge in [-0.05, 0) is 79.0 Å². The molecule has 2 aliphatic rings. The van der Waals surface area contributed by atoms with Gasteiger partial charge in [0.2, 0.25) is 0 Å². The van der Waals surface area contributed by atoms with E-state index in [0.717, 1.165) is 36.8 Å². The standard InChI is InChI=1S/C28H32ClN7O2/c1-17(18-8-10-19(11-9-18)24(37)30-26-32-34-35-33-26)36-25(38)23(20-6-5-7-22(29)16-20)31-28(36)14-12-21(13-15-28)27(2,3)4/h5-11,16-17,21H,12-15H2,1-4H3,(H2,30,32,33,34,35,37). The van der Waals surface area contributed by atoms with E-state index in [1.54, 1.807) is 24.3 Å². The molecule has 38 heavy (non-hydrogen) atoms. The zero-order valence-corrected chi connectivity index (χ0v) is 22.8. The molecule has 2 aromatic carbocycles. The number of carbonyl (C=O) groups is 2. The number of H-pyrrole nitrogens is 1. The van der Waals surface area contributed by atoms with Gasteiger partial charge in [-0.2, -0.15) is 5.21 Å². The molecular weight excluding hydrogens is 502 g/mol. The van der Waals surface area contributed by atoms with E-state index in [9.17, 15) is 9.59 Å². The average molecular weight is 534 g/mol. The fourth-order valence-electron chi connectivity index (χ4n) is 5.72. The smallest absolute Gasteiger partial charge is 0.275 e. The number of aromatic amines is 1. The zero-order chi connectivity index (χ0) is 27.1. The lowest BCUT2D eigenvalue weighted by atomic mass is 9.69. The lowest BCUT2D eigenvalue weighted by Crippen LogP contribution is -2.50. The second kappa shape index (κ2) is 9.94. The minimum Gasteiger partial charge on any atom is -0.306 e. The van der Waals surface area contributed by atoms with Gasteiger partial charge >= 0.3 is 0 Å². The Morgan fingerprint density at radius 3 is 2.47 bits per heavy atom. The minimum absolute atomic E-state index is 0.0899. The number of aliphatic imine (C=N–C) groups is 1. The lowest BCUT2D eigenvalue weighted by molar-refractivity contribution is -0.132. The average Bonchev–Trinajstić information content (AvgIpc) is 3.49. The molecule has 1 aromatic heterocycles. The van der Waals surface area contributed by atoms with Crippen molar-refractivity contribution < 1.29 is 9.59 Å². The van der Waals surface area contributed by atoms with Crippen LogP contribution in [0.1, 0.15) is 80.9 Å². The molecule has 0 bridgehead atoms. The molecule has 1 aliphatic heterocycles. The van der Waals surface area contributed by atoms with Crippen molar-refractivity contribution in [1.82, 2.24) is 25.5 Å². The number of hydrogen-bond donors (Lipinski definition) is 2. The van der Waals surface area contributed by atoms with Gasteiger partial charge in [-0.15, -0.1) is 5.10 Å². The highest BCUT2D eigenvalue weighted by molar-refractivity contribution is 6.47. The molecule has 1 fully saturated rings. The molecule has 198 valence electrons. The minimum atomic E-state index is -0.607. The highest BCUT2D eigenvalue weighted by atomic mass is 35.5. The summed E-state index contributed by atoms with van der Waals surface area (Å²) in [4.78, 5) is 33.7. The quantitative estimate of drug-likeness (QED) is 0.453. The summed E-state index contributed by atoms with van der Waals surface area (Å²) >= 11 is 6.27. The summed E-state index contributed by atoms with van der Waals surface area (Å²) in [5, 5.41) is 16.4. The third-order valence-electron chi connectivity index (χ3n) is 7.91. The predicted molar refractivity (Wildman–Crippen MR) is 146 cm³/mol. The Kier molecular flexibility index (Phi) is 6.81. The Bertz CT molecular complexity index is 1350. The predicted octanol–water partition coefficient (Wildman–Crippen LogP) is 5.43. The number of hydrogen-bond acceptors (Lipinski definition) is 6. The van der Waals surface area contributed by atoms with E-state index in [4.69, 9.17) is 16.6 Å². The molecule has 1 unspecified atom stereocenters. The first-order chi connectivity index (χ1) is 18.1. The second-order valence-electron chi connectivity index (χ2n) is 11.3. The Hall–Kier alpha value is -3.59. The van der Waals surface area contributed by atoms with Crippen molar-refractivity contribution in [3.63, 3.8) is 0 Å². The molecule has 0 saturated heterocycles.